The minimum Gasteiger partial charge on any atom is -0.468 e. The van der Waals surface area contributed by atoms with E-state index in [1.165, 1.54) is 44.1 Å². The summed E-state index contributed by atoms with van der Waals surface area (Å²) < 4.78 is 5.58. The number of nitrogens with one attached hydrogen (secondary N) is 2. The van der Waals surface area contributed by atoms with Crippen molar-refractivity contribution in [1.29, 1.82) is 0 Å². The number of nitrogens with zero attached hydrogens (tertiary/aromatic N) is 1. The van der Waals surface area contributed by atoms with Crippen molar-refractivity contribution in [3.8, 4) is 0 Å². The molecule has 2 amide bonds. The van der Waals surface area contributed by atoms with E-state index in [2.05, 4.69) is 21.6 Å². The van der Waals surface area contributed by atoms with Crippen molar-refractivity contribution >= 4 is 6.03 Å². The van der Waals surface area contributed by atoms with Crippen LogP contribution in [0.25, 0.3) is 0 Å². The zero-order chi connectivity index (χ0) is 16.6. The molecule has 1 aliphatic carbocycles. The third kappa shape index (κ3) is 4.87. The number of hydrogen-bond acceptors (Lipinski definition) is 3. The molecule has 1 atom stereocenters. The fourth-order valence-corrected chi connectivity index (χ4v) is 3.66. The predicted molar refractivity (Wildman–Crippen MR) is 94.8 cm³/mol. The van der Waals surface area contributed by atoms with E-state index < -0.39 is 0 Å². The van der Waals surface area contributed by atoms with Gasteiger partial charge in [-0.3, -0.25) is 4.90 Å². The van der Waals surface area contributed by atoms with Gasteiger partial charge >= 0.3 is 6.03 Å². The molecule has 2 heterocycles. The number of carbonyl (C=O) groups is 1. The largest absolute Gasteiger partial charge is 0.468 e. The molecule has 0 spiro atoms. The maximum Gasteiger partial charge on any atom is 0.314 e. The van der Waals surface area contributed by atoms with Gasteiger partial charge in [-0.05, 0) is 70.2 Å². The van der Waals surface area contributed by atoms with E-state index in [4.69, 9.17) is 4.42 Å². The van der Waals surface area contributed by atoms with Crippen LogP contribution in [-0.4, -0.2) is 37.1 Å². The first kappa shape index (κ1) is 17.1. The third-order valence-electron chi connectivity index (χ3n) is 5.03. The summed E-state index contributed by atoms with van der Waals surface area (Å²) in [7, 11) is 0. The van der Waals surface area contributed by atoms with E-state index >= 15 is 0 Å². The van der Waals surface area contributed by atoms with E-state index in [1.54, 1.807) is 6.26 Å². The van der Waals surface area contributed by atoms with Crippen LogP contribution < -0.4 is 10.6 Å². The quantitative estimate of drug-likeness (QED) is 0.751. The van der Waals surface area contributed by atoms with Gasteiger partial charge in [-0.2, -0.15) is 0 Å². The van der Waals surface area contributed by atoms with Crippen LogP contribution in [0.15, 0.2) is 34.5 Å². The fraction of sp³-hybridized carbons (Fsp3) is 0.632. The third-order valence-corrected chi connectivity index (χ3v) is 5.03. The van der Waals surface area contributed by atoms with Crippen molar-refractivity contribution in [3.63, 3.8) is 0 Å². The van der Waals surface area contributed by atoms with Crippen LogP contribution in [0.5, 0.6) is 0 Å². The van der Waals surface area contributed by atoms with Crippen molar-refractivity contribution in [2.75, 3.05) is 26.2 Å². The first-order chi connectivity index (χ1) is 11.8. The first-order valence-electron chi connectivity index (χ1n) is 9.30. The molecule has 3 rings (SSSR count). The molecule has 0 saturated carbocycles. The zero-order valence-electron chi connectivity index (χ0n) is 14.4. The normalized spacial score (nSPS) is 19.8. The molecule has 24 heavy (non-hydrogen) atoms. The number of allylic oxidation sites excluding steroid dienone is 1. The lowest BCUT2D eigenvalue weighted by atomic mass is 9.97. The molecule has 1 aromatic heterocycles. The standard InChI is InChI=1S/C19H29N3O2/c23-19(20-11-10-16-7-2-1-3-8-16)21-15-17(18-9-6-14-24-18)22-12-4-5-13-22/h6-7,9,14,17H,1-5,8,10-13,15H2,(H2,20,21,23). The molecule has 5 heteroatoms. The Morgan fingerprint density at radius 3 is 2.79 bits per heavy atom. The molecule has 1 aromatic rings. The van der Waals surface area contributed by atoms with Crippen molar-refractivity contribution in [2.24, 2.45) is 0 Å². The van der Waals surface area contributed by atoms with Gasteiger partial charge < -0.3 is 15.1 Å². The number of amides is 2. The zero-order valence-corrected chi connectivity index (χ0v) is 14.4. The summed E-state index contributed by atoms with van der Waals surface area (Å²) in [6, 6.07) is 3.96. The summed E-state index contributed by atoms with van der Waals surface area (Å²) in [4.78, 5) is 14.5. The summed E-state index contributed by atoms with van der Waals surface area (Å²) in [6.07, 6.45) is 12.4. The van der Waals surface area contributed by atoms with Crippen LogP contribution in [0, 0.1) is 0 Å². The molecule has 1 aliphatic heterocycles. The summed E-state index contributed by atoms with van der Waals surface area (Å²) in [5, 5.41) is 6.00. The number of hydrogen-bond donors (Lipinski definition) is 2. The SMILES string of the molecule is O=C(NCCC1=CCCCC1)NCC(c1ccco1)N1CCCC1. The molecule has 5 nitrogen and oxygen atoms in total. The van der Waals surface area contributed by atoms with Crippen LogP contribution in [0.2, 0.25) is 0 Å². The second-order valence-electron chi connectivity index (χ2n) is 6.77. The summed E-state index contributed by atoms with van der Waals surface area (Å²) in [5.74, 6) is 0.935. The number of furan rings is 1. The topological polar surface area (TPSA) is 57.5 Å². The highest BCUT2D eigenvalue weighted by Gasteiger charge is 2.25. The van der Waals surface area contributed by atoms with Crippen molar-refractivity contribution < 1.29 is 9.21 Å². The molecule has 1 saturated heterocycles. The molecule has 132 valence electrons. The smallest absolute Gasteiger partial charge is 0.314 e. The lowest BCUT2D eigenvalue weighted by molar-refractivity contribution is 0.203. The van der Waals surface area contributed by atoms with E-state index in [-0.39, 0.29) is 12.1 Å². The lowest BCUT2D eigenvalue weighted by Crippen LogP contribution is -2.41. The maximum absolute atomic E-state index is 12.1. The summed E-state index contributed by atoms with van der Waals surface area (Å²) in [5.41, 5.74) is 1.49. The van der Waals surface area contributed by atoms with Gasteiger partial charge in [-0.15, -0.1) is 0 Å². The van der Waals surface area contributed by atoms with Gasteiger partial charge in [-0.25, -0.2) is 4.79 Å². The summed E-state index contributed by atoms with van der Waals surface area (Å²) >= 11 is 0. The number of carbonyl (C=O) groups excluding carboxylic acids is 1. The molecule has 0 aromatic carbocycles. The van der Waals surface area contributed by atoms with Crippen molar-refractivity contribution in [3.05, 3.63) is 35.8 Å². The van der Waals surface area contributed by atoms with Gasteiger partial charge in [0.05, 0.1) is 12.3 Å². The van der Waals surface area contributed by atoms with Gasteiger partial charge in [0.1, 0.15) is 5.76 Å². The van der Waals surface area contributed by atoms with Crippen LogP contribution >= 0.6 is 0 Å². The second-order valence-corrected chi connectivity index (χ2v) is 6.77. The Hall–Kier alpha value is -1.75. The Labute approximate surface area is 144 Å². The van der Waals surface area contributed by atoms with E-state index in [9.17, 15) is 4.79 Å². The highest BCUT2D eigenvalue weighted by Crippen LogP contribution is 2.24. The highest BCUT2D eigenvalue weighted by molar-refractivity contribution is 5.73. The number of urea groups is 1. The Kier molecular flexibility index (Phi) is 6.35. The minimum absolute atomic E-state index is 0.0813. The lowest BCUT2D eigenvalue weighted by Gasteiger charge is -2.26. The molecule has 1 fully saturated rings. The Bertz CT molecular complexity index is 533. The van der Waals surface area contributed by atoms with E-state index in [0.717, 1.165) is 25.3 Å². The van der Waals surface area contributed by atoms with Crippen LogP contribution in [0.4, 0.5) is 4.79 Å². The Morgan fingerprint density at radius 1 is 1.21 bits per heavy atom. The molecule has 0 bridgehead atoms. The fourth-order valence-electron chi connectivity index (χ4n) is 3.66. The van der Waals surface area contributed by atoms with Gasteiger partial charge in [-0.1, -0.05) is 11.6 Å². The predicted octanol–water partition coefficient (Wildman–Crippen LogP) is 3.61. The monoisotopic (exact) mass is 331 g/mol. The Morgan fingerprint density at radius 2 is 2.08 bits per heavy atom. The maximum atomic E-state index is 12.1. The molecular formula is C19H29N3O2. The molecule has 0 radical (unpaired) electrons. The average Bonchev–Trinajstić information content (AvgIpc) is 3.30. The summed E-state index contributed by atoms with van der Waals surface area (Å²) in [6.45, 7) is 3.44. The van der Waals surface area contributed by atoms with Crippen molar-refractivity contribution in [1.82, 2.24) is 15.5 Å². The minimum atomic E-state index is -0.0813. The molecule has 2 aliphatic rings. The van der Waals surface area contributed by atoms with Gasteiger partial charge in [0.15, 0.2) is 0 Å². The van der Waals surface area contributed by atoms with Gasteiger partial charge in [0.2, 0.25) is 0 Å². The van der Waals surface area contributed by atoms with E-state index in [1.807, 2.05) is 12.1 Å². The molecule has 2 N–H and O–H groups in total. The average molecular weight is 331 g/mol. The highest BCUT2D eigenvalue weighted by atomic mass is 16.3. The van der Waals surface area contributed by atoms with E-state index in [0.29, 0.717) is 13.1 Å². The molecule has 1 unspecified atom stereocenters. The molecular weight excluding hydrogens is 302 g/mol. The van der Waals surface area contributed by atoms with Crippen LogP contribution in [0.1, 0.15) is 56.7 Å². The second kappa shape index (κ2) is 8.92. The first-order valence-corrected chi connectivity index (χ1v) is 9.30. The Balaban J connectivity index is 1.42. The van der Waals surface area contributed by atoms with Crippen LogP contribution in [0.3, 0.4) is 0 Å². The number of rotatable bonds is 7. The van der Waals surface area contributed by atoms with Crippen molar-refractivity contribution in [2.45, 2.75) is 51.0 Å². The van der Waals surface area contributed by atoms with Crippen LogP contribution in [-0.2, 0) is 0 Å². The number of likely N-dealkylation sites (tertiary alicyclic amines) is 1. The van der Waals surface area contributed by atoms with Gasteiger partial charge in [0, 0.05) is 13.1 Å². The van der Waals surface area contributed by atoms with Gasteiger partial charge in [0.25, 0.3) is 0 Å².